The quantitative estimate of drug-likeness (QED) is 0.242. The Balaban J connectivity index is 1.52. The van der Waals surface area contributed by atoms with Crippen molar-refractivity contribution in [2.75, 3.05) is 0 Å². The summed E-state index contributed by atoms with van der Waals surface area (Å²) in [5.74, 6) is 0. The van der Waals surface area contributed by atoms with Crippen LogP contribution in [0.25, 0.3) is 55.9 Å². The van der Waals surface area contributed by atoms with E-state index in [0.717, 1.165) is 40.1 Å². The zero-order valence-electron chi connectivity index (χ0n) is 22.0. The van der Waals surface area contributed by atoms with Crippen molar-refractivity contribution < 1.29 is 0 Å². The summed E-state index contributed by atoms with van der Waals surface area (Å²) in [6, 6.07) is 40.5. The minimum atomic E-state index is 0.834. The lowest BCUT2D eigenvalue weighted by Crippen LogP contribution is -2.02. The fraction of sp³-hybridized carbons (Fsp3) is 0.0833. The molecule has 0 saturated heterocycles. The van der Waals surface area contributed by atoms with Crippen molar-refractivity contribution in [3.63, 3.8) is 0 Å². The SMILES string of the molecule is Cc1cc2c(c(-c3ccccc3-c3nnnc(-c4ccccc4)c3-c3ccccc3)c1C)Cc1ccccc1-2. The summed E-state index contributed by atoms with van der Waals surface area (Å²) in [6.45, 7) is 4.47. The van der Waals surface area contributed by atoms with Gasteiger partial charge in [0.1, 0.15) is 11.4 Å². The lowest BCUT2D eigenvalue weighted by Gasteiger charge is -2.20. The van der Waals surface area contributed by atoms with Crippen molar-refractivity contribution in [2.45, 2.75) is 20.3 Å². The van der Waals surface area contributed by atoms with Crippen LogP contribution in [0.5, 0.6) is 0 Å². The van der Waals surface area contributed by atoms with E-state index in [1.807, 2.05) is 24.3 Å². The van der Waals surface area contributed by atoms with Gasteiger partial charge >= 0.3 is 0 Å². The van der Waals surface area contributed by atoms with Gasteiger partial charge < -0.3 is 0 Å². The Morgan fingerprint density at radius 2 is 1.10 bits per heavy atom. The van der Waals surface area contributed by atoms with Gasteiger partial charge in [-0.05, 0) is 75.6 Å². The van der Waals surface area contributed by atoms with E-state index in [1.54, 1.807) is 0 Å². The van der Waals surface area contributed by atoms with Crippen molar-refractivity contribution in [1.82, 2.24) is 15.4 Å². The summed E-state index contributed by atoms with van der Waals surface area (Å²) in [5.41, 5.74) is 16.4. The summed E-state index contributed by atoms with van der Waals surface area (Å²) in [6.07, 6.45) is 0.930. The number of aromatic nitrogens is 3. The van der Waals surface area contributed by atoms with Crippen LogP contribution < -0.4 is 0 Å². The summed E-state index contributed by atoms with van der Waals surface area (Å²) in [5, 5.41) is 13.6. The van der Waals surface area contributed by atoms with Gasteiger partial charge in [-0.15, -0.1) is 10.2 Å². The van der Waals surface area contributed by atoms with Crippen molar-refractivity contribution in [3.05, 3.63) is 138 Å². The van der Waals surface area contributed by atoms with E-state index in [0.29, 0.717) is 0 Å². The molecule has 3 heteroatoms. The van der Waals surface area contributed by atoms with Crippen LogP contribution >= 0.6 is 0 Å². The molecular formula is C36H27N3. The molecule has 1 aliphatic rings. The van der Waals surface area contributed by atoms with Gasteiger partial charge in [0, 0.05) is 16.7 Å². The van der Waals surface area contributed by atoms with Gasteiger partial charge in [0.05, 0.1) is 0 Å². The molecule has 0 fully saturated rings. The minimum absolute atomic E-state index is 0.834. The van der Waals surface area contributed by atoms with Crippen molar-refractivity contribution >= 4 is 0 Å². The molecule has 0 aliphatic heterocycles. The van der Waals surface area contributed by atoms with E-state index in [2.05, 4.69) is 115 Å². The van der Waals surface area contributed by atoms with Crippen LogP contribution in [0.15, 0.2) is 115 Å². The number of aryl methyl sites for hydroxylation is 1. The van der Waals surface area contributed by atoms with E-state index >= 15 is 0 Å². The number of hydrogen-bond acceptors (Lipinski definition) is 3. The molecule has 1 heterocycles. The van der Waals surface area contributed by atoms with Crippen LogP contribution in [0.3, 0.4) is 0 Å². The highest BCUT2D eigenvalue weighted by Gasteiger charge is 2.27. The molecule has 0 bridgehead atoms. The summed E-state index contributed by atoms with van der Waals surface area (Å²) >= 11 is 0. The second-order valence-electron chi connectivity index (χ2n) is 10.2. The first-order valence-corrected chi connectivity index (χ1v) is 13.4. The third-order valence-corrected chi connectivity index (χ3v) is 7.95. The topological polar surface area (TPSA) is 38.7 Å². The summed E-state index contributed by atoms with van der Waals surface area (Å²) < 4.78 is 0. The first kappa shape index (κ1) is 23.2. The van der Waals surface area contributed by atoms with Crippen molar-refractivity contribution in [3.8, 4) is 55.9 Å². The first-order valence-electron chi connectivity index (χ1n) is 13.4. The van der Waals surface area contributed by atoms with E-state index in [9.17, 15) is 0 Å². The first-order chi connectivity index (χ1) is 19.2. The number of benzene rings is 5. The zero-order valence-corrected chi connectivity index (χ0v) is 22.0. The molecule has 0 spiro atoms. The molecule has 0 amide bonds. The standard InChI is InChI=1S/C36H27N3/c1-23-21-31-28-18-10-9-17-27(28)22-32(31)33(24(23)2)29-19-11-12-20-30(29)36-34(25-13-5-3-6-14-25)35(37-39-38-36)26-15-7-4-8-16-26/h3-21H,22H2,1-2H3. The maximum Gasteiger partial charge on any atom is 0.105 e. The highest BCUT2D eigenvalue weighted by Crippen LogP contribution is 2.47. The number of rotatable bonds is 4. The average Bonchev–Trinajstić information content (AvgIpc) is 3.36. The number of hydrogen-bond donors (Lipinski definition) is 0. The Morgan fingerprint density at radius 3 is 1.85 bits per heavy atom. The molecule has 5 aromatic carbocycles. The number of nitrogens with zero attached hydrogens (tertiary/aromatic N) is 3. The summed E-state index contributed by atoms with van der Waals surface area (Å²) in [7, 11) is 0. The molecule has 0 saturated carbocycles. The smallest absolute Gasteiger partial charge is 0.105 e. The third-order valence-electron chi connectivity index (χ3n) is 7.95. The van der Waals surface area contributed by atoms with Gasteiger partial charge in [-0.25, -0.2) is 0 Å². The molecule has 0 unspecified atom stereocenters. The van der Waals surface area contributed by atoms with Crippen LogP contribution in [-0.4, -0.2) is 15.4 Å². The minimum Gasteiger partial charge on any atom is -0.129 e. The Morgan fingerprint density at radius 1 is 0.513 bits per heavy atom. The van der Waals surface area contributed by atoms with Gasteiger partial charge in [0.25, 0.3) is 0 Å². The highest BCUT2D eigenvalue weighted by atomic mass is 15.3. The molecule has 0 atom stereocenters. The van der Waals surface area contributed by atoms with Crippen LogP contribution in [0.2, 0.25) is 0 Å². The molecule has 7 rings (SSSR count). The molecule has 186 valence electrons. The Labute approximate surface area is 228 Å². The Bertz CT molecular complexity index is 1840. The second-order valence-corrected chi connectivity index (χ2v) is 10.2. The normalized spacial score (nSPS) is 11.7. The van der Waals surface area contributed by atoms with Crippen LogP contribution in [0.1, 0.15) is 22.3 Å². The Hall–Kier alpha value is -4.89. The molecule has 6 aromatic rings. The van der Waals surface area contributed by atoms with E-state index < -0.39 is 0 Å². The lowest BCUT2D eigenvalue weighted by atomic mass is 9.84. The second kappa shape index (κ2) is 9.45. The predicted octanol–water partition coefficient (Wildman–Crippen LogP) is 8.73. The van der Waals surface area contributed by atoms with Gasteiger partial charge in [0.2, 0.25) is 0 Å². The Kier molecular flexibility index (Phi) is 5.63. The average molecular weight is 502 g/mol. The maximum atomic E-state index is 4.72. The van der Waals surface area contributed by atoms with Crippen LogP contribution in [0.4, 0.5) is 0 Å². The van der Waals surface area contributed by atoms with E-state index in [1.165, 1.54) is 44.5 Å². The van der Waals surface area contributed by atoms with E-state index in [-0.39, 0.29) is 0 Å². The summed E-state index contributed by atoms with van der Waals surface area (Å²) in [4.78, 5) is 0. The molecule has 1 aromatic heterocycles. The number of fused-ring (bicyclic) bond motifs is 3. The molecule has 0 N–H and O–H groups in total. The molecule has 3 nitrogen and oxygen atoms in total. The third kappa shape index (κ3) is 3.86. The predicted molar refractivity (Wildman–Crippen MR) is 159 cm³/mol. The van der Waals surface area contributed by atoms with Crippen molar-refractivity contribution in [2.24, 2.45) is 0 Å². The molecule has 0 radical (unpaired) electrons. The van der Waals surface area contributed by atoms with Gasteiger partial charge in [0.15, 0.2) is 0 Å². The van der Waals surface area contributed by atoms with Gasteiger partial charge in [-0.3, -0.25) is 0 Å². The molecule has 1 aliphatic carbocycles. The lowest BCUT2D eigenvalue weighted by molar-refractivity contribution is 0.879. The molecule has 39 heavy (non-hydrogen) atoms. The van der Waals surface area contributed by atoms with E-state index in [4.69, 9.17) is 5.10 Å². The highest BCUT2D eigenvalue weighted by molar-refractivity contribution is 5.97. The van der Waals surface area contributed by atoms with Gasteiger partial charge in [-0.2, -0.15) is 0 Å². The fourth-order valence-corrected chi connectivity index (χ4v) is 5.98. The van der Waals surface area contributed by atoms with Crippen molar-refractivity contribution in [1.29, 1.82) is 0 Å². The monoisotopic (exact) mass is 501 g/mol. The largest absolute Gasteiger partial charge is 0.129 e. The fourth-order valence-electron chi connectivity index (χ4n) is 5.98. The van der Waals surface area contributed by atoms with Gasteiger partial charge in [-0.1, -0.05) is 115 Å². The zero-order chi connectivity index (χ0) is 26.3. The maximum absolute atomic E-state index is 4.72. The van der Waals surface area contributed by atoms with Crippen LogP contribution in [-0.2, 0) is 6.42 Å². The molecular weight excluding hydrogens is 474 g/mol. The van der Waals surface area contributed by atoms with Crippen LogP contribution in [0, 0.1) is 13.8 Å².